The van der Waals surface area contributed by atoms with E-state index in [1.54, 1.807) is 42.5 Å². The number of anilines is 1. The van der Waals surface area contributed by atoms with Crippen LogP contribution in [0.4, 0.5) is 5.69 Å². The number of benzene rings is 2. The molecule has 2 rings (SSSR count). The molecule has 2 aromatic carbocycles. The Morgan fingerprint density at radius 3 is 2.43 bits per heavy atom. The average Bonchev–Trinajstić information content (AvgIpc) is 2.48. The van der Waals surface area contributed by atoms with Crippen molar-refractivity contribution in [1.82, 2.24) is 5.32 Å². The van der Waals surface area contributed by atoms with Gasteiger partial charge in [-0.15, -0.1) is 0 Å². The van der Waals surface area contributed by atoms with Gasteiger partial charge in [-0.3, -0.25) is 4.79 Å². The second kappa shape index (κ2) is 6.56. The molecule has 0 spiro atoms. The first kappa shape index (κ1) is 14.6. The topological polar surface area (TPSA) is 92.4 Å². The van der Waals surface area contributed by atoms with Crippen molar-refractivity contribution in [1.29, 1.82) is 0 Å². The van der Waals surface area contributed by atoms with Crippen molar-refractivity contribution in [2.24, 2.45) is 0 Å². The second-order valence-electron chi connectivity index (χ2n) is 4.63. The molecule has 0 aliphatic rings. The fraction of sp³-hybridized carbons (Fsp3) is 0.125. The van der Waals surface area contributed by atoms with E-state index in [0.29, 0.717) is 24.2 Å². The van der Waals surface area contributed by atoms with Gasteiger partial charge in [-0.25, -0.2) is 4.79 Å². The summed E-state index contributed by atoms with van der Waals surface area (Å²) in [4.78, 5) is 22.7. The molecule has 0 atom stereocenters. The van der Waals surface area contributed by atoms with Gasteiger partial charge >= 0.3 is 5.97 Å². The SMILES string of the molecule is Nc1ccc(C(=O)NCCc2cccc(C(=O)O)c2)cc1. The maximum atomic E-state index is 11.9. The highest BCUT2D eigenvalue weighted by Crippen LogP contribution is 2.07. The molecular weight excluding hydrogens is 268 g/mol. The van der Waals surface area contributed by atoms with Gasteiger partial charge in [0.1, 0.15) is 0 Å². The number of nitrogen functional groups attached to an aromatic ring is 1. The number of hydrogen-bond acceptors (Lipinski definition) is 3. The van der Waals surface area contributed by atoms with E-state index >= 15 is 0 Å². The van der Waals surface area contributed by atoms with Crippen molar-refractivity contribution < 1.29 is 14.7 Å². The Morgan fingerprint density at radius 2 is 1.76 bits per heavy atom. The molecule has 21 heavy (non-hydrogen) atoms. The molecular formula is C16H16N2O3. The Labute approximate surface area is 122 Å². The number of aromatic carboxylic acids is 1. The maximum Gasteiger partial charge on any atom is 0.335 e. The highest BCUT2D eigenvalue weighted by molar-refractivity contribution is 5.94. The largest absolute Gasteiger partial charge is 0.478 e. The third-order valence-electron chi connectivity index (χ3n) is 3.05. The van der Waals surface area contributed by atoms with Crippen LogP contribution in [-0.4, -0.2) is 23.5 Å². The minimum absolute atomic E-state index is 0.176. The van der Waals surface area contributed by atoms with Crippen molar-refractivity contribution in [3.8, 4) is 0 Å². The monoisotopic (exact) mass is 284 g/mol. The van der Waals surface area contributed by atoms with Crippen molar-refractivity contribution in [2.75, 3.05) is 12.3 Å². The van der Waals surface area contributed by atoms with Crippen molar-refractivity contribution in [2.45, 2.75) is 6.42 Å². The summed E-state index contributed by atoms with van der Waals surface area (Å²) in [6.45, 7) is 0.437. The maximum absolute atomic E-state index is 11.9. The molecule has 0 aromatic heterocycles. The number of carbonyl (C=O) groups is 2. The summed E-state index contributed by atoms with van der Waals surface area (Å²) >= 11 is 0. The summed E-state index contributed by atoms with van der Waals surface area (Å²) < 4.78 is 0. The van der Waals surface area contributed by atoms with Crippen LogP contribution in [0.15, 0.2) is 48.5 Å². The van der Waals surface area contributed by atoms with Gasteiger partial charge in [0.05, 0.1) is 5.56 Å². The predicted molar refractivity (Wildman–Crippen MR) is 80.3 cm³/mol. The zero-order valence-corrected chi connectivity index (χ0v) is 11.4. The van der Waals surface area contributed by atoms with E-state index in [-0.39, 0.29) is 11.5 Å². The minimum atomic E-state index is -0.956. The van der Waals surface area contributed by atoms with E-state index < -0.39 is 5.97 Å². The van der Waals surface area contributed by atoms with Gasteiger partial charge in [0.15, 0.2) is 0 Å². The number of hydrogen-bond donors (Lipinski definition) is 3. The summed E-state index contributed by atoms with van der Waals surface area (Å²) in [5.41, 5.74) is 7.83. The van der Waals surface area contributed by atoms with E-state index in [4.69, 9.17) is 10.8 Å². The lowest BCUT2D eigenvalue weighted by molar-refractivity contribution is 0.0696. The summed E-state index contributed by atoms with van der Waals surface area (Å²) in [6, 6.07) is 13.3. The van der Waals surface area contributed by atoms with Gasteiger partial charge in [-0.05, 0) is 48.4 Å². The number of rotatable bonds is 5. The standard InChI is InChI=1S/C16H16N2O3/c17-14-6-4-12(5-7-14)15(19)18-9-8-11-2-1-3-13(10-11)16(20)21/h1-7,10H,8-9,17H2,(H,18,19)(H,20,21). The van der Waals surface area contributed by atoms with Gasteiger partial charge in [0, 0.05) is 17.8 Å². The molecule has 0 aliphatic heterocycles. The third kappa shape index (κ3) is 4.07. The lowest BCUT2D eigenvalue weighted by Crippen LogP contribution is -2.25. The van der Waals surface area contributed by atoms with E-state index in [9.17, 15) is 9.59 Å². The van der Waals surface area contributed by atoms with Crippen molar-refractivity contribution in [3.63, 3.8) is 0 Å². The molecule has 0 saturated heterocycles. The Kier molecular flexibility index (Phi) is 4.56. The highest BCUT2D eigenvalue weighted by atomic mass is 16.4. The first-order chi connectivity index (χ1) is 10.1. The Bertz CT molecular complexity index is 651. The molecule has 4 N–H and O–H groups in total. The molecule has 1 amide bonds. The zero-order chi connectivity index (χ0) is 15.2. The van der Waals surface area contributed by atoms with E-state index in [0.717, 1.165) is 5.56 Å². The van der Waals surface area contributed by atoms with Crippen LogP contribution in [0, 0.1) is 0 Å². The molecule has 0 heterocycles. The molecule has 5 heteroatoms. The molecule has 0 bridgehead atoms. The smallest absolute Gasteiger partial charge is 0.335 e. The first-order valence-corrected chi connectivity index (χ1v) is 6.52. The molecule has 108 valence electrons. The molecule has 0 aliphatic carbocycles. The second-order valence-corrected chi connectivity index (χ2v) is 4.63. The fourth-order valence-electron chi connectivity index (χ4n) is 1.92. The van der Waals surface area contributed by atoms with Crippen LogP contribution in [0.1, 0.15) is 26.3 Å². The number of nitrogens with one attached hydrogen (secondary N) is 1. The van der Waals surface area contributed by atoms with Crippen LogP contribution in [0.5, 0.6) is 0 Å². The minimum Gasteiger partial charge on any atom is -0.478 e. The van der Waals surface area contributed by atoms with Gasteiger partial charge < -0.3 is 16.2 Å². The quantitative estimate of drug-likeness (QED) is 0.731. The van der Waals surface area contributed by atoms with Crippen molar-refractivity contribution >= 4 is 17.6 Å². The van der Waals surface area contributed by atoms with Gasteiger partial charge in [-0.1, -0.05) is 12.1 Å². The summed E-state index contributed by atoms with van der Waals surface area (Å²) in [5, 5.41) is 11.7. The summed E-state index contributed by atoms with van der Waals surface area (Å²) in [6.07, 6.45) is 0.571. The first-order valence-electron chi connectivity index (χ1n) is 6.52. The molecule has 5 nitrogen and oxygen atoms in total. The number of carbonyl (C=O) groups excluding carboxylic acids is 1. The lowest BCUT2D eigenvalue weighted by atomic mass is 10.1. The van der Waals surface area contributed by atoms with E-state index in [2.05, 4.69) is 5.32 Å². The van der Waals surface area contributed by atoms with Crippen LogP contribution in [0.2, 0.25) is 0 Å². The average molecular weight is 284 g/mol. The summed E-state index contributed by atoms with van der Waals surface area (Å²) in [5.74, 6) is -1.13. The van der Waals surface area contributed by atoms with Crippen LogP contribution < -0.4 is 11.1 Å². The number of nitrogens with two attached hydrogens (primary N) is 1. The highest BCUT2D eigenvalue weighted by Gasteiger charge is 2.06. The number of carboxylic acid groups (broad SMARTS) is 1. The molecule has 0 fully saturated rings. The van der Waals surface area contributed by atoms with Crippen LogP contribution in [0.25, 0.3) is 0 Å². The molecule has 2 aromatic rings. The van der Waals surface area contributed by atoms with Crippen LogP contribution in [0.3, 0.4) is 0 Å². The number of carboxylic acids is 1. The summed E-state index contributed by atoms with van der Waals surface area (Å²) in [7, 11) is 0. The van der Waals surface area contributed by atoms with Gasteiger partial charge in [0.2, 0.25) is 0 Å². The van der Waals surface area contributed by atoms with Crippen LogP contribution >= 0.6 is 0 Å². The molecule has 0 unspecified atom stereocenters. The van der Waals surface area contributed by atoms with E-state index in [1.165, 1.54) is 0 Å². The number of amides is 1. The van der Waals surface area contributed by atoms with Gasteiger partial charge in [0.25, 0.3) is 5.91 Å². The lowest BCUT2D eigenvalue weighted by Gasteiger charge is -2.06. The zero-order valence-electron chi connectivity index (χ0n) is 11.4. The normalized spacial score (nSPS) is 10.1. The predicted octanol–water partition coefficient (Wildman–Crippen LogP) is 1.94. The Morgan fingerprint density at radius 1 is 1.05 bits per heavy atom. The van der Waals surface area contributed by atoms with Crippen LogP contribution in [-0.2, 0) is 6.42 Å². The van der Waals surface area contributed by atoms with Crippen molar-refractivity contribution in [3.05, 3.63) is 65.2 Å². The molecule has 0 saturated carbocycles. The third-order valence-corrected chi connectivity index (χ3v) is 3.05. The Balaban J connectivity index is 1.89. The Hall–Kier alpha value is -2.82. The molecule has 0 radical (unpaired) electrons. The fourth-order valence-corrected chi connectivity index (χ4v) is 1.92. The van der Waals surface area contributed by atoms with E-state index in [1.807, 2.05) is 6.07 Å². The van der Waals surface area contributed by atoms with Gasteiger partial charge in [-0.2, -0.15) is 0 Å².